The highest BCUT2D eigenvalue weighted by Crippen LogP contribution is 2.54. The number of aromatic nitrogens is 2. The fraction of sp³-hybridized carbons (Fsp3) is 0.120. The summed E-state index contributed by atoms with van der Waals surface area (Å²) in [6, 6.07) is 53.7. The predicted octanol–water partition coefficient (Wildman–Crippen LogP) is 13.0. The SMILES string of the molecule is CC1(C)c2cc(-c3c4ccccc4cc4ccccc34)ccc2-c2nc3c(nc21)-c1ccc(-c2c4ccccc4cc4ccccc24)cc1C3(C)C. The first kappa shape index (κ1) is 29.6. The Balaban J connectivity index is 1.07. The lowest BCUT2D eigenvalue weighted by Crippen LogP contribution is -2.20. The third-order valence-corrected chi connectivity index (χ3v) is 12.1. The molecule has 0 N–H and O–H groups in total. The van der Waals surface area contributed by atoms with Crippen molar-refractivity contribution >= 4 is 43.1 Å². The van der Waals surface area contributed by atoms with Crippen molar-refractivity contribution < 1.29 is 0 Å². The minimum Gasteiger partial charge on any atom is -0.248 e. The molecular weight excluding hydrogens is 629 g/mol. The van der Waals surface area contributed by atoms with Gasteiger partial charge in [0.05, 0.1) is 22.8 Å². The molecule has 0 saturated heterocycles. The third kappa shape index (κ3) is 3.90. The summed E-state index contributed by atoms with van der Waals surface area (Å²) in [7, 11) is 0. The summed E-state index contributed by atoms with van der Waals surface area (Å²) in [5.41, 5.74) is 13.6. The molecule has 0 saturated carbocycles. The van der Waals surface area contributed by atoms with Gasteiger partial charge in [-0.15, -0.1) is 0 Å². The first-order valence-electron chi connectivity index (χ1n) is 18.3. The van der Waals surface area contributed by atoms with Crippen LogP contribution < -0.4 is 0 Å². The van der Waals surface area contributed by atoms with E-state index in [0.717, 1.165) is 22.8 Å². The van der Waals surface area contributed by atoms with E-state index >= 15 is 0 Å². The van der Waals surface area contributed by atoms with Gasteiger partial charge in [-0.25, -0.2) is 9.97 Å². The van der Waals surface area contributed by atoms with Gasteiger partial charge in [-0.1, -0.05) is 149 Å². The number of nitrogens with zero attached hydrogens (tertiary/aromatic N) is 2. The molecule has 2 aliphatic carbocycles. The standard InChI is InChI=1S/C50H36N2/c1-49(2)41-27-33(43-35-17-9-5-13-29(35)25-30-14-6-10-18-36(30)43)21-23-39(41)45-47(49)51-46-40-24-22-34(28-42(40)50(3,4)48(46)52-45)44-37-19-11-7-15-31(37)26-32-16-8-12-20-38(32)44/h5-28H,1-4H3. The van der Waals surface area contributed by atoms with Gasteiger partial charge in [0, 0.05) is 22.0 Å². The van der Waals surface area contributed by atoms with Gasteiger partial charge in [0.1, 0.15) is 0 Å². The molecule has 0 amide bonds. The fourth-order valence-corrected chi connectivity index (χ4v) is 9.43. The number of rotatable bonds is 2. The van der Waals surface area contributed by atoms with Gasteiger partial charge in [0.15, 0.2) is 0 Å². The maximum atomic E-state index is 5.58. The first-order chi connectivity index (χ1) is 25.3. The van der Waals surface area contributed by atoms with Crippen molar-refractivity contribution in [3.05, 3.63) is 168 Å². The second kappa shape index (κ2) is 10.2. The molecule has 0 unspecified atom stereocenters. The number of hydrogen-bond donors (Lipinski definition) is 0. The van der Waals surface area contributed by atoms with E-state index in [9.17, 15) is 0 Å². The monoisotopic (exact) mass is 664 g/mol. The molecule has 11 rings (SSSR count). The second-order valence-corrected chi connectivity index (χ2v) is 15.8. The Hall–Kier alpha value is -6.12. The van der Waals surface area contributed by atoms with Gasteiger partial charge in [-0.2, -0.15) is 0 Å². The van der Waals surface area contributed by atoms with Gasteiger partial charge in [0.2, 0.25) is 0 Å². The van der Waals surface area contributed by atoms with Crippen LogP contribution in [0, 0.1) is 0 Å². The summed E-state index contributed by atoms with van der Waals surface area (Å²) in [5, 5.41) is 10.2. The van der Waals surface area contributed by atoms with Crippen LogP contribution in [0.3, 0.4) is 0 Å². The van der Waals surface area contributed by atoms with E-state index in [1.54, 1.807) is 0 Å². The zero-order chi connectivity index (χ0) is 34.9. The van der Waals surface area contributed by atoms with Crippen LogP contribution in [0.25, 0.3) is 87.9 Å². The molecule has 0 radical (unpaired) electrons. The van der Waals surface area contributed by atoms with E-state index in [2.05, 4.69) is 173 Å². The fourth-order valence-electron chi connectivity index (χ4n) is 9.43. The van der Waals surface area contributed by atoms with Gasteiger partial charge in [0.25, 0.3) is 0 Å². The predicted molar refractivity (Wildman–Crippen MR) is 218 cm³/mol. The van der Waals surface area contributed by atoms with Crippen molar-refractivity contribution in [3.8, 4) is 44.8 Å². The van der Waals surface area contributed by atoms with Gasteiger partial charge < -0.3 is 0 Å². The molecule has 8 aromatic carbocycles. The Kier molecular flexibility index (Phi) is 5.83. The lowest BCUT2D eigenvalue weighted by atomic mass is 9.82. The second-order valence-electron chi connectivity index (χ2n) is 15.8. The molecule has 0 fully saturated rings. The normalized spacial score (nSPS) is 14.8. The van der Waals surface area contributed by atoms with Crippen molar-refractivity contribution in [2.24, 2.45) is 0 Å². The van der Waals surface area contributed by atoms with E-state index < -0.39 is 0 Å². The zero-order valence-electron chi connectivity index (χ0n) is 29.8. The molecule has 0 aliphatic heterocycles. The molecule has 0 bridgehead atoms. The molecule has 9 aromatic rings. The minimum absolute atomic E-state index is 0.308. The lowest BCUT2D eigenvalue weighted by molar-refractivity contribution is 0.617. The maximum Gasteiger partial charge on any atom is 0.0933 e. The molecule has 1 aromatic heterocycles. The smallest absolute Gasteiger partial charge is 0.0933 e. The Morgan fingerprint density at radius 1 is 0.365 bits per heavy atom. The lowest BCUT2D eigenvalue weighted by Gasteiger charge is -2.23. The van der Waals surface area contributed by atoms with Crippen LogP contribution >= 0.6 is 0 Å². The largest absolute Gasteiger partial charge is 0.248 e. The number of fused-ring (bicyclic) bond motifs is 10. The first-order valence-corrected chi connectivity index (χ1v) is 18.3. The highest BCUT2D eigenvalue weighted by Gasteiger charge is 2.44. The molecule has 2 aliphatic rings. The van der Waals surface area contributed by atoms with Gasteiger partial charge in [-0.3, -0.25) is 0 Å². The Morgan fingerprint density at radius 2 is 0.692 bits per heavy atom. The van der Waals surface area contributed by atoms with E-state index in [4.69, 9.17) is 9.97 Å². The average molecular weight is 665 g/mol. The molecule has 0 spiro atoms. The van der Waals surface area contributed by atoms with E-state index in [1.165, 1.54) is 87.6 Å². The highest BCUT2D eigenvalue weighted by atomic mass is 14.9. The van der Waals surface area contributed by atoms with Gasteiger partial charge in [-0.05, 0) is 101 Å². The summed E-state index contributed by atoms with van der Waals surface area (Å²) < 4.78 is 0. The van der Waals surface area contributed by atoms with Crippen molar-refractivity contribution in [1.82, 2.24) is 9.97 Å². The summed E-state index contributed by atoms with van der Waals surface area (Å²) in [6.07, 6.45) is 0. The Morgan fingerprint density at radius 3 is 1.04 bits per heavy atom. The quantitative estimate of drug-likeness (QED) is 0.172. The summed E-state index contributed by atoms with van der Waals surface area (Å²) in [6.45, 7) is 9.28. The Bertz CT molecular complexity index is 2700. The van der Waals surface area contributed by atoms with Crippen LogP contribution in [0.15, 0.2) is 146 Å². The van der Waals surface area contributed by atoms with Crippen LogP contribution in [-0.2, 0) is 10.8 Å². The van der Waals surface area contributed by atoms with Gasteiger partial charge >= 0.3 is 0 Å². The van der Waals surface area contributed by atoms with Crippen LogP contribution in [0.4, 0.5) is 0 Å². The highest BCUT2D eigenvalue weighted by molar-refractivity contribution is 6.14. The van der Waals surface area contributed by atoms with Crippen molar-refractivity contribution in [1.29, 1.82) is 0 Å². The molecule has 1 heterocycles. The Labute approximate surface area is 303 Å². The van der Waals surface area contributed by atoms with Crippen molar-refractivity contribution in [3.63, 3.8) is 0 Å². The van der Waals surface area contributed by atoms with Crippen LogP contribution in [-0.4, -0.2) is 9.97 Å². The molecule has 246 valence electrons. The molecule has 2 nitrogen and oxygen atoms in total. The van der Waals surface area contributed by atoms with Crippen LogP contribution in [0.1, 0.15) is 50.2 Å². The summed E-state index contributed by atoms with van der Waals surface area (Å²) in [5.74, 6) is 0. The molecule has 0 atom stereocenters. The van der Waals surface area contributed by atoms with Crippen molar-refractivity contribution in [2.75, 3.05) is 0 Å². The molecular formula is C50H36N2. The van der Waals surface area contributed by atoms with E-state index in [-0.39, 0.29) is 10.8 Å². The number of benzene rings is 8. The third-order valence-electron chi connectivity index (χ3n) is 12.1. The van der Waals surface area contributed by atoms with E-state index in [1.807, 2.05) is 0 Å². The number of hydrogen-bond acceptors (Lipinski definition) is 2. The maximum absolute atomic E-state index is 5.58. The summed E-state index contributed by atoms with van der Waals surface area (Å²) in [4.78, 5) is 11.2. The summed E-state index contributed by atoms with van der Waals surface area (Å²) >= 11 is 0. The van der Waals surface area contributed by atoms with Crippen molar-refractivity contribution in [2.45, 2.75) is 38.5 Å². The zero-order valence-corrected chi connectivity index (χ0v) is 29.8. The van der Waals surface area contributed by atoms with Crippen LogP contribution in [0.5, 0.6) is 0 Å². The average Bonchev–Trinajstić information content (AvgIpc) is 3.53. The molecule has 52 heavy (non-hydrogen) atoms. The minimum atomic E-state index is -0.308. The van der Waals surface area contributed by atoms with E-state index in [0.29, 0.717) is 0 Å². The molecule has 2 heteroatoms. The topological polar surface area (TPSA) is 25.8 Å². The van der Waals surface area contributed by atoms with Crippen LogP contribution in [0.2, 0.25) is 0 Å².